The van der Waals surface area contributed by atoms with E-state index >= 15 is 0 Å². The Kier molecular flexibility index (Phi) is 12.3. The summed E-state index contributed by atoms with van der Waals surface area (Å²) < 4.78 is 42.7. The fourth-order valence-corrected chi connectivity index (χ4v) is 3.71. The van der Waals surface area contributed by atoms with E-state index in [2.05, 4.69) is 25.9 Å². The van der Waals surface area contributed by atoms with Crippen molar-refractivity contribution in [3.05, 3.63) is 102 Å². The molecule has 0 radical (unpaired) electrons. The van der Waals surface area contributed by atoms with Crippen LogP contribution in [-0.4, -0.2) is 59.4 Å². The van der Waals surface area contributed by atoms with E-state index in [4.69, 9.17) is 19.4 Å². The minimum absolute atomic E-state index is 0.170. The van der Waals surface area contributed by atoms with Crippen molar-refractivity contribution in [2.45, 2.75) is 25.6 Å². The second kappa shape index (κ2) is 16.3. The first kappa shape index (κ1) is 33.2. The predicted octanol–water partition coefficient (Wildman–Crippen LogP) is 5.58. The molecule has 1 amide bonds. The number of carboxylic acids is 1. The summed E-state index contributed by atoms with van der Waals surface area (Å²) in [5.74, 6) is -0.368. The van der Waals surface area contributed by atoms with Crippen LogP contribution in [0.2, 0.25) is 0 Å². The Balaban J connectivity index is 0.000000676. The number of anilines is 3. The molecule has 0 unspecified atom stereocenters. The number of nitrogens with zero attached hydrogens (tertiary/aromatic N) is 2. The van der Waals surface area contributed by atoms with Gasteiger partial charge >= 0.3 is 12.1 Å². The predicted molar refractivity (Wildman–Crippen MR) is 160 cm³/mol. The maximum atomic E-state index is 13.3. The summed E-state index contributed by atoms with van der Waals surface area (Å²) in [5, 5.41) is 16.6. The lowest BCUT2D eigenvalue weighted by molar-refractivity contribution is -0.192. The Morgan fingerprint density at radius 3 is 2.11 bits per heavy atom. The molecule has 0 aliphatic heterocycles. The van der Waals surface area contributed by atoms with Gasteiger partial charge in [0.2, 0.25) is 11.9 Å². The Hall–Kier alpha value is -5.33. The van der Waals surface area contributed by atoms with Gasteiger partial charge in [-0.2, -0.15) is 18.2 Å². The van der Waals surface area contributed by atoms with Crippen molar-refractivity contribution in [3.63, 3.8) is 0 Å². The number of ether oxygens (including phenoxy) is 2. The molecule has 0 aliphatic carbocycles. The summed E-state index contributed by atoms with van der Waals surface area (Å²) in [6, 6.07) is 28.0. The highest BCUT2D eigenvalue weighted by Gasteiger charge is 2.38. The van der Waals surface area contributed by atoms with E-state index in [1.807, 2.05) is 97.9 Å². The summed E-state index contributed by atoms with van der Waals surface area (Å²) in [6.07, 6.45) is -4.60. The van der Waals surface area contributed by atoms with Crippen molar-refractivity contribution in [1.82, 2.24) is 9.97 Å². The number of aryl methyl sites for hydroxylation is 1. The first-order chi connectivity index (χ1) is 21.0. The third kappa shape index (κ3) is 11.5. The number of alkyl halides is 3. The number of methoxy groups -OCH3 is 1. The monoisotopic (exact) mass is 611 g/mol. The molecule has 1 atom stereocenters. The first-order valence-corrected chi connectivity index (χ1v) is 13.4. The quantitative estimate of drug-likeness (QED) is 0.152. The Morgan fingerprint density at radius 1 is 0.909 bits per heavy atom. The van der Waals surface area contributed by atoms with E-state index in [0.717, 1.165) is 22.8 Å². The molecule has 4 rings (SSSR count). The lowest BCUT2D eigenvalue weighted by atomic mass is 10.0. The summed E-state index contributed by atoms with van der Waals surface area (Å²) in [4.78, 5) is 31.3. The first-order valence-electron chi connectivity index (χ1n) is 13.4. The number of carbonyl (C=O) groups excluding carboxylic acids is 1. The molecule has 4 N–H and O–H groups in total. The average molecular weight is 612 g/mol. The highest BCUT2D eigenvalue weighted by atomic mass is 19.4. The van der Waals surface area contributed by atoms with E-state index in [1.165, 1.54) is 0 Å². The standard InChI is InChI=1S/C29H31N5O3.C2HF3O2/c1-21-19-27(34-29(31-21)30-17-18-37-25-11-7-4-8-12-25)33-26(20-22-9-5-3-6-10-22)28(35)32-23-13-15-24(36-2)16-14-23;3-2(4,5)1(6)7/h3-16,19,26H,17-18,20H2,1-2H3,(H,32,35)(H2,30,31,33,34);(H,6,7)/t26-;/m0./s1. The van der Waals surface area contributed by atoms with E-state index < -0.39 is 18.2 Å². The smallest absolute Gasteiger partial charge is 0.490 e. The van der Waals surface area contributed by atoms with Gasteiger partial charge in [-0.1, -0.05) is 48.5 Å². The highest BCUT2D eigenvalue weighted by molar-refractivity contribution is 5.96. The minimum atomic E-state index is -5.08. The summed E-state index contributed by atoms with van der Waals surface area (Å²) in [7, 11) is 1.61. The molecule has 44 heavy (non-hydrogen) atoms. The van der Waals surface area contributed by atoms with Crippen LogP contribution in [0, 0.1) is 6.92 Å². The molecule has 0 bridgehead atoms. The lowest BCUT2D eigenvalue weighted by Crippen LogP contribution is -2.37. The number of hydrogen-bond acceptors (Lipinski definition) is 8. The number of aliphatic carboxylic acids is 1. The molecular formula is C31H32F3N5O5. The van der Waals surface area contributed by atoms with Gasteiger partial charge in [0.15, 0.2) is 0 Å². The Labute approximate surface area is 252 Å². The molecule has 1 aromatic heterocycles. The molecule has 0 aliphatic rings. The fraction of sp³-hybridized carbons (Fsp3) is 0.226. The minimum Gasteiger partial charge on any atom is -0.497 e. The van der Waals surface area contributed by atoms with Gasteiger partial charge in [0.1, 0.15) is 30.0 Å². The third-order valence-electron chi connectivity index (χ3n) is 5.77. The van der Waals surface area contributed by atoms with Gasteiger partial charge in [0, 0.05) is 23.9 Å². The van der Waals surface area contributed by atoms with Gasteiger partial charge in [0.05, 0.1) is 13.7 Å². The van der Waals surface area contributed by atoms with Crippen LogP contribution in [0.1, 0.15) is 11.3 Å². The van der Waals surface area contributed by atoms with Crippen molar-refractivity contribution in [3.8, 4) is 11.5 Å². The van der Waals surface area contributed by atoms with Crippen LogP contribution in [-0.2, 0) is 16.0 Å². The topological polar surface area (TPSA) is 135 Å². The van der Waals surface area contributed by atoms with Gasteiger partial charge < -0.3 is 30.5 Å². The van der Waals surface area contributed by atoms with Crippen LogP contribution in [0.5, 0.6) is 11.5 Å². The number of aromatic nitrogens is 2. The number of carbonyl (C=O) groups is 2. The molecule has 232 valence electrons. The summed E-state index contributed by atoms with van der Waals surface area (Å²) >= 11 is 0. The van der Waals surface area contributed by atoms with Crippen LogP contribution >= 0.6 is 0 Å². The van der Waals surface area contributed by atoms with Gasteiger partial charge in [-0.15, -0.1) is 0 Å². The Morgan fingerprint density at radius 2 is 1.52 bits per heavy atom. The lowest BCUT2D eigenvalue weighted by Gasteiger charge is -2.20. The van der Waals surface area contributed by atoms with Gasteiger partial charge in [-0.3, -0.25) is 4.79 Å². The number of nitrogens with one attached hydrogen (secondary N) is 3. The number of para-hydroxylation sites is 1. The van der Waals surface area contributed by atoms with E-state index in [-0.39, 0.29) is 5.91 Å². The number of halogens is 3. The van der Waals surface area contributed by atoms with Crippen LogP contribution in [0.3, 0.4) is 0 Å². The average Bonchev–Trinajstić information content (AvgIpc) is 3.00. The molecule has 0 saturated heterocycles. The van der Waals surface area contributed by atoms with Crippen molar-refractivity contribution in [1.29, 1.82) is 0 Å². The molecule has 13 heteroatoms. The van der Waals surface area contributed by atoms with Crippen LogP contribution < -0.4 is 25.4 Å². The number of rotatable bonds is 12. The zero-order valence-corrected chi connectivity index (χ0v) is 24.0. The third-order valence-corrected chi connectivity index (χ3v) is 5.77. The molecular weight excluding hydrogens is 579 g/mol. The van der Waals surface area contributed by atoms with Crippen LogP contribution in [0.4, 0.5) is 30.6 Å². The summed E-state index contributed by atoms with van der Waals surface area (Å²) in [6.45, 7) is 2.89. The SMILES string of the molecule is COc1ccc(NC(=O)[C@H](Cc2ccccc2)Nc2cc(C)nc(NCCOc3ccccc3)n2)cc1.O=C(O)C(F)(F)F. The zero-order chi connectivity index (χ0) is 32.0. The van der Waals surface area contributed by atoms with Crippen molar-refractivity contribution in [2.24, 2.45) is 0 Å². The summed E-state index contributed by atoms with van der Waals surface area (Å²) in [5.41, 5.74) is 2.50. The van der Waals surface area contributed by atoms with Gasteiger partial charge in [-0.05, 0) is 48.9 Å². The molecule has 0 saturated carbocycles. The van der Waals surface area contributed by atoms with Crippen molar-refractivity contribution < 1.29 is 37.3 Å². The highest BCUT2D eigenvalue weighted by Crippen LogP contribution is 2.18. The molecule has 0 spiro atoms. The number of amides is 1. The number of carboxylic acid groups (broad SMARTS) is 1. The van der Waals surface area contributed by atoms with E-state index in [1.54, 1.807) is 7.11 Å². The molecule has 10 nitrogen and oxygen atoms in total. The number of benzene rings is 3. The largest absolute Gasteiger partial charge is 0.497 e. The number of hydrogen-bond donors (Lipinski definition) is 4. The van der Waals surface area contributed by atoms with Crippen molar-refractivity contribution >= 4 is 29.3 Å². The molecule has 4 aromatic rings. The normalized spacial score (nSPS) is 11.3. The molecule has 0 fully saturated rings. The molecule has 1 heterocycles. The van der Waals surface area contributed by atoms with Crippen molar-refractivity contribution in [2.75, 3.05) is 36.2 Å². The fourth-order valence-electron chi connectivity index (χ4n) is 3.71. The molecule has 3 aromatic carbocycles. The zero-order valence-electron chi connectivity index (χ0n) is 24.0. The van der Waals surface area contributed by atoms with Crippen LogP contribution in [0.15, 0.2) is 91.0 Å². The van der Waals surface area contributed by atoms with Gasteiger partial charge in [0.25, 0.3) is 0 Å². The van der Waals surface area contributed by atoms with E-state index in [0.29, 0.717) is 37.0 Å². The Bertz CT molecular complexity index is 1470. The van der Waals surface area contributed by atoms with Gasteiger partial charge in [-0.25, -0.2) is 9.78 Å². The second-order valence-electron chi connectivity index (χ2n) is 9.21. The van der Waals surface area contributed by atoms with Crippen LogP contribution in [0.25, 0.3) is 0 Å². The van der Waals surface area contributed by atoms with E-state index in [9.17, 15) is 18.0 Å². The maximum absolute atomic E-state index is 13.3. The second-order valence-corrected chi connectivity index (χ2v) is 9.21. The maximum Gasteiger partial charge on any atom is 0.490 e.